The zero-order chi connectivity index (χ0) is 12.3. The Bertz CT molecular complexity index is 506. The van der Waals surface area contributed by atoms with Crippen LogP contribution in [0.3, 0.4) is 0 Å². The number of nitrogens with two attached hydrogens (primary N) is 1. The number of hydrogen-bond acceptors (Lipinski definition) is 4. The van der Waals surface area contributed by atoms with Gasteiger partial charge in [-0.3, -0.25) is 5.84 Å². The van der Waals surface area contributed by atoms with E-state index in [1.54, 1.807) is 12.4 Å². The fourth-order valence-corrected chi connectivity index (χ4v) is 2.06. The lowest BCUT2D eigenvalue weighted by atomic mass is 10.0. The first-order valence-electron chi connectivity index (χ1n) is 4.88. The normalized spacial score (nSPS) is 12.4. The van der Waals surface area contributed by atoms with Gasteiger partial charge in [-0.1, -0.05) is 17.7 Å². The van der Waals surface area contributed by atoms with E-state index in [0.717, 1.165) is 14.7 Å². The van der Waals surface area contributed by atoms with Crippen LogP contribution in [0.4, 0.5) is 0 Å². The second kappa shape index (κ2) is 5.72. The summed E-state index contributed by atoms with van der Waals surface area (Å²) in [6, 6.07) is 5.66. The zero-order valence-corrected chi connectivity index (χ0v) is 11.7. The number of hydrogen-bond donors (Lipinski definition) is 2. The standard InChI is InChI=1S/C11H10ClIN4/c12-9-3-7(1-2-10(9)13)11(17-14)8-4-15-6-16-5-8/h1-6,11,17H,14H2. The van der Waals surface area contributed by atoms with Crippen LogP contribution in [0.1, 0.15) is 17.2 Å². The van der Waals surface area contributed by atoms with Gasteiger partial charge < -0.3 is 0 Å². The van der Waals surface area contributed by atoms with Crippen molar-refractivity contribution in [2.24, 2.45) is 5.84 Å². The molecule has 6 heteroatoms. The van der Waals surface area contributed by atoms with Gasteiger partial charge in [0.15, 0.2) is 0 Å². The summed E-state index contributed by atoms with van der Waals surface area (Å²) in [4.78, 5) is 7.96. The third kappa shape index (κ3) is 2.92. The summed E-state index contributed by atoms with van der Waals surface area (Å²) < 4.78 is 1.01. The molecule has 1 atom stereocenters. The van der Waals surface area contributed by atoms with Crippen LogP contribution in [0, 0.1) is 3.57 Å². The van der Waals surface area contributed by atoms with Gasteiger partial charge in [-0.15, -0.1) is 0 Å². The van der Waals surface area contributed by atoms with Gasteiger partial charge >= 0.3 is 0 Å². The van der Waals surface area contributed by atoms with Crippen LogP contribution >= 0.6 is 34.2 Å². The van der Waals surface area contributed by atoms with E-state index in [4.69, 9.17) is 17.4 Å². The van der Waals surface area contributed by atoms with E-state index in [1.807, 2.05) is 18.2 Å². The molecule has 0 radical (unpaired) electrons. The molecule has 0 amide bonds. The van der Waals surface area contributed by atoms with Gasteiger partial charge in [0.1, 0.15) is 6.33 Å². The van der Waals surface area contributed by atoms with Gasteiger partial charge in [-0.05, 0) is 40.3 Å². The average Bonchev–Trinajstić information content (AvgIpc) is 2.36. The van der Waals surface area contributed by atoms with E-state index < -0.39 is 0 Å². The molecule has 2 rings (SSSR count). The van der Waals surface area contributed by atoms with Crippen molar-refractivity contribution in [3.63, 3.8) is 0 Å². The maximum atomic E-state index is 6.09. The SMILES string of the molecule is NNC(c1cncnc1)c1ccc(I)c(Cl)c1. The number of halogens is 2. The van der Waals surface area contributed by atoms with E-state index in [9.17, 15) is 0 Å². The maximum absolute atomic E-state index is 6.09. The number of nitrogens with one attached hydrogen (secondary N) is 1. The first-order valence-corrected chi connectivity index (χ1v) is 6.34. The lowest BCUT2D eigenvalue weighted by molar-refractivity contribution is 0.632. The summed E-state index contributed by atoms with van der Waals surface area (Å²) in [5, 5.41) is 0.709. The van der Waals surface area contributed by atoms with Crippen LogP contribution in [0.25, 0.3) is 0 Å². The minimum Gasteiger partial charge on any atom is -0.271 e. The average molecular weight is 361 g/mol. The molecule has 0 saturated carbocycles. The minimum atomic E-state index is -0.161. The fourth-order valence-electron chi connectivity index (χ4n) is 1.54. The Morgan fingerprint density at radius 2 is 1.94 bits per heavy atom. The predicted molar refractivity (Wildman–Crippen MR) is 75.4 cm³/mol. The largest absolute Gasteiger partial charge is 0.271 e. The predicted octanol–water partition coefficient (Wildman–Crippen LogP) is 2.29. The number of benzene rings is 1. The molecule has 1 aromatic heterocycles. The van der Waals surface area contributed by atoms with Crippen molar-refractivity contribution in [1.82, 2.24) is 15.4 Å². The lowest BCUT2D eigenvalue weighted by Gasteiger charge is -2.16. The van der Waals surface area contributed by atoms with E-state index in [1.165, 1.54) is 6.33 Å². The van der Waals surface area contributed by atoms with Crippen molar-refractivity contribution >= 4 is 34.2 Å². The van der Waals surface area contributed by atoms with Crippen molar-refractivity contribution in [3.8, 4) is 0 Å². The van der Waals surface area contributed by atoms with Crippen molar-refractivity contribution in [3.05, 3.63) is 56.6 Å². The molecular formula is C11H10ClIN4. The molecule has 0 aliphatic carbocycles. The van der Waals surface area contributed by atoms with Crippen LogP contribution in [-0.4, -0.2) is 9.97 Å². The molecule has 1 aromatic carbocycles. The molecule has 88 valence electrons. The van der Waals surface area contributed by atoms with Crippen LogP contribution in [-0.2, 0) is 0 Å². The minimum absolute atomic E-state index is 0.161. The molecule has 3 N–H and O–H groups in total. The lowest BCUT2D eigenvalue weighted by Crippen LogP contribution is -2.29. The number of hydrazine groups is 1. The summed E-state index contributed by atoms with van der Waals surface area (Å²) >= 11 is 8.28. The van der Waals surface area contributed by atoms with Crippen molar-refractivity contribution in [2.75, 3.05) is 0 Å². The van der Waals surface area contributed by atoms with Crippen LogP contribution < -0.4 is 11.3 Å². The molecule has 17 heavy (non-hydrogen) atoms. The van der Waals surface area contributed by atoms with Crippen molar-refractivity contribution in [1.29, 1.82) is 0 Å². The molecule has 0 spiro atoms. The zero-order valence-electron chi connectivity index (χ0n) is 8.77. The third-order valence-corrected chi connectivity index (χ3v) is 3.93. The Hall–Kier alpha value is -0.760. The summed E-state index contributed by atoms with van der Waals surface area (Å²) in [6.07, 6.45) is 4.94. The number of rotatable bonds is 3. The van der Waals surface area contributed by atoms with E-state index in [0.29, 0.717) is 5.02 Å². The van der Waals surface area contributed by atoms with Crippen LogP contribution in [0.2, 0.25) is 5.02 Å². The van der Waals surface area contributed by atoms with Gasteiger partial charge in [0.2, 0.25) is 0 Å². The highest BCUT2D eigenvalue weighted by Gasteiger charge is 2.13. The summed E-state index contributed by atoms with van der Waals surface area (Å²) in [5.41, 5.74) is 4.62. The second-order valence-electron chi connectivity index (χ2n) is 3.45. The molecule has 0 aliphatic rings. The maximum Gasteiger partial charge on any atom is 0.115 e. The summed E-state index contributed by atoms with van der Waals surface area (Å²) in [5.74, 6) is 5.57. The summed E-state index contributed by atoms with van der Waals surface area (Å²) in [7, 11) is 0. The fraction of sp³-hybridized carbons (Fsp3) is 0.0909. The molecule has 2 aromatic rings. The monoisotopic (exact) mass is 360 g/mol. The van der Waals surface area contributed by atoms with Crippen molar-refractivity contribution in [2.45, 2.75) is 6.04 Å². The molecule has 4 nitrogen and oxygen atoms in total. The van der Waals surface area contributed by atoms with E-state index in [2.05, 4.69) is 38.0 Å². The highest BCUT2D eigenvalue weighted by molar-refractivity contribution is 14.1. The highest BCUT2D eigenvalue weighted by Crippen LogP contribution is 2.26. The van der Waals surface area contributed by atoms with Crippen molar-refractivity contribution < 1.29 is 0 Å². The Labute approximate surface area is 118 Å². The van der Waals surface area contributed by atoms with Gasteiger partial charge in [-0.25, -0.2) is 15.4 Å². The molecule has 0 saturated heterocycles. The van der Waals surface area contributed by atoms with Gasteiger partial charge in [0.25, 0.3) is 0 Å². The molecule has 1 heterocycles. The van der Waals surface area contributed by atoms with Gasteiger partial charge in [0, 0.05) is 21.5 Å². The van der Waals surface area contributed by atoms with Crippen LogP contribution in [0.15, 0.2) is 36.9 Å². The molecular weight excluding hydrogens is 351 g/mol. The number of nitrogens with zero attached hydrogens (tertiary/aromatic N) is 2. The van der Waals surface area contributed by atoms with E-state index >= 15 is 0 Å². The third-order valence-electron chi connectivity index (χ3n) is 2.36. The van der Waals surface area contributed by atoms with Gasteiger partial charge in [0.05, 0.1) is 11.1 Å². The van der Waals surface area contributed by atoms with Gasteiger partial charge in [-0.2, -0.15) is 0 Å². The second-order valence-corrected chi connectivity index (χ2v) is 5.01. The Morgan fingerprint density at radius 1 is 1.24 bits per heavy atom. The summed E-state index contributed by atoms with van der Waals surface area (Å²) in [6.45, 7) is 0. The Balaban J connectivity index is 2.39. The van der Waals surface area contributed by atoms with E-state index in [-0.39, 0.29) is 6.04 Å². The smallest absolute Gasteiger partial charge is 0.115 e. The quantitative estimate of drug-likeness (QED) is 0.501. The molecule has 0 fully saturated rings. The molecule has 0 bridgehead atoms. The Kier molecular flexibility index (Phi) is 4.27. The molecule has 0 aliphatic heterocycles. The first-order chi connectivity index (χ1) is 8.22. The Morgan fingerprint density at radius 3 is 2.53 bits per heavy atom. The molecule has 1 unspecified atom stereocenters. The topological polar surface area (TPSA) is 63.8 Å². The number of aromatic nitrogens is 2. The highest BCUT2D eigenvalue weighted by atomic mass is 127. The van der Waals surface area contributed by atoms with Crippen LogP contribution in [0.5, 0.6) is 0 Å². The first kappa shape index (κ1) is 12.7.